The summed E-state index contributed by atoms with van der Waals surface area (Å²) in [6.07, 6.45) is 3.74. The van der Waals surface area contributed by atoms with E-state index in [4.69, 9.17) is 4.74 Å². The molecule has 0 aliphatic rings. The molecular weight excluding hydrogens is 252 g/mol. The molecule has 1 unspecified atom stereocenters. The van der Waals surface area contributed by atoms with Crippen molar-refractivity contribution in [1.82, 2.24) is 10.3 Å². The van der Waals surface area contributed by atoms with Crippen LogP contribution >= 0.6 is 0 Å². The first kappa shape index (κ1) is 14.1. The van der Waals surface area contributed by atoms with Gasteiger partial charge in [0.2, 0.25) is 5.91 Å². The lowest BCUT2D eigenvalue weighted by Crippen LogP contribution is -2.28. The van der Waals surface area contributed by atoms with Crippen LogP contribution in [0.5, 0.6) is 5.75 Å². The number of methoxy groups -OCH3 is 1. The zero-order valence-electron chi connectivity index (χ0n) is 11.7. The third-order valence-corrected chi connectivity index (χ3v) is 3.11. The zero-order valence-corrected chi connectivity index (χ0v) is 11.7. The molecule has 1 heterocycles. The number of hydrogen-bond donors (Lipinski definition) is 1. The van der Waals surface area contributed by atoms with Crippen molar-refractivity contribution in [2.75, 3.05) is 7.11 Å². The standard InChI is InChI=1S/C16H18N2O2/c1-12(14-3-5-15(20-2)6-4-14)18-16(19)11-13-7-9-17-10-8-13/h3-10,12H,11H2,1-2H3,(H,18,19). The maximum Gasteiger partial charge on any atom is 0.224 e. The number of carbonyl (C=O) groups excluding carboxylic acids is 1. The Balaban J connectivity index is 1.93. The number of benzene rings is 1. The van der Waals surface area contributed by atoms with E-state index in [-0.39, 0.29) is 11.9 Å². The number of nitrogens with zero attached hydrogens (tertiary/aromatic N) is 1. The van der Waals surface area contributed by atoms with Gasteiger partial charge in [0, 0.05) is 12.4 Å². The van der Waals surface area contributed by atoms with Crippen LogP contribution in [0.3, 0.4) is 0 Å². The minimum absolute atomic E-state index is 0.000446. The van der Waals surface area contributed by atoms with Gasteiger partial charge in [0.25, 0.3) is 0 Å². The third-order valence-electron chi connectivity index (χ3n) is 3.11. The van der Waals surface area contributed by atoms with Crippen molar-refractivity contribution in [3.8, 4) is 5.75 Å². The highest BCUT2D eigenvalue weighted by Gasteiger charge is 2.10. The van der Waals surface area contributed by atoms with Crippen LogP contribution in [-0.2, 0) is 11.2 Å². The van der Waals surface area contributed by atoms with E-state index in [2.05, 4.69) is 10.3 Å². The Morgan fingerprint density at radius 3 is 2.45 bits per heavy atom. The van der Waals surface area contributed by atoms with E-state index in [0.29, 0.717) is 6.42 Å². The van der Waals surface area contributed by atoms with Crippen LogP contribution in [0.2, 0.25) is 0 Å². The second-order valence-electron chi connectivity index (χ2n) is 4.59. The molecular formula is C16H18N2O2. The third kappa shape index (κ3) is 3.82. The zero-order chi connectivity index (χ0) is 14.4. The Kier molecular flexibility index (Phi) is 4.71. The van der Waals surface area contributed by atoms with Crippen molar-refractivity contribution in [2.24, 2.45) is 0 Å². The quantitative estimate of drug-likeness (QED) is 0.908. The van der Waals surface area contributed by atoms with E-state index in [0.717, 1.165) is 16.9 Å². The largest absolute Gasteiger partial charge is 0.497 e. The first-order valence-corrected chi connectivity index (χ1v) is 6.51. The van der Waals surface area contributed by atoms with Crippen LogP contribution in [0.25, 0.3) is 0 Å². The molecule has 0 spiro atoms. The summed E-state index contributed by atoms with van der Waals surface area (Å²) in [7, 11) is 1.63. The SMILES string of the molecule is COc1ccc(C(C)NC(=O)Cc2ccncc2)cc1. The number of amides is 1. The molecule has 104 valence electrons. The molecule has 2 rings (SSSR count). The molecule has 1 aromatic carbocycles. The molecule has 2 aromatic rings. The number of hydrogen-bond acceptors (Lipinski definition) is 3. The summed E-state index contributed by atoms with van der Waals surface area (Å²) in [5, 5.41) is 2.98. The number of ether oxygens (including phenoxy) is 1. The lowest BCUT2D eigenvalue weighted by molar-refractivity contribution is -0.121. The van der Waals surface area contributed by atoms with Gasteiger partial charge in [-0.25, -0.2) is 0 Å². The summed E-state index contributed by atoms with van der Waals surface area (Å²) in [5.41, 5.74) is 2.01. The lowest BCUT2D eigenvalue weighted by Gasteiger charge is -2.14. The van der Waals surface area contributed by atoms with Crippen molar-refractivity contribution in [3.63, 3.8) is 0 Å². The van der Waals surface area contributed by atoms with E-state index in [1.54, 1.807) is 19.5 Å². The van der Waals surface area contributed by atoms with Crippen LogP contribution in [0, 0.1) is 0 Å². The summed E-state index contributed by atoms with van der Waals surface area (Å²) in [6.45, 7) is 1.96. The van der Waals surface area contributed by atoms with Crippen LogP contribution < -0.4 is 10.1 Å². The molecule has 0 fully saturated rings. The van der Waals surface area contributed by atoms with Crippen molar-refractivity contribution < 1.29 is 9.53 Å². The number of pyridine rings is 1. The van der Waals surface area contributed by atoms with E-state index in [1.807, 2.05) is 43.3 Å². The number of rotatable bonds is 5. The minimum Gasteiger partial charge on any atom is -0.497 e. The summed E-state index contributed by atoms with van der Waals surface area (Å²) in [4.78, 5) is 15.9. The summed E-state index contributed by atoms with van der Waals surface area (Å²) >= 11 is 0. The second kappa shape index (κ2) is 6.70. The highest BCUT2D eigenvalue weighted by atomic mass is 16.5. The second-order valence-corrected chi connectivity index (χ2v) is 4.59. The smallest absolute Gasteiger partial charge is 0.224 e. The molecule has 0 aliphatic heterocycles. The molecule has 4 heteroatoms. The normalized spacial score (nSPS) is 11.7. The van der Waals surface area contributed by atoms with Crippen LogP contribution in [-0.4, -0.2) is 18.0 Å². The van der Waals surface area contributed by atoms with Gasteiger partial charge in [-0.05, 0) is 42.3 Å². The predicted molar refractivity (Wildman–Crippen MR) is 77.5 cm³/mol. The average Bonchev–Trinajstić information content (AvgIpc) is 2.48. The fraction of sp³-hybridized carbons (Fsp3) is 0.250. The fourth-order valence-electron chi connectivity index (χ4n) is 1.95. The summed E-state index contributed by atoms with van der Waals surface area (Å²) in [6, 6.07) is 11.3. The molecule has 0 saturated carbocycles. The Labute approximate surface area is 118 Å². The monoisotopic (exact) mass is 270 g/mol. The first-order valence-electron chi connectivity index (χ1n) is 6.51. The lowest BCUT2D eigenvalue weighted by atomic mass is 10.1. The maximum atomic E-state index is 12.0. The first-order chi connectivity index (χ1) is 9.69. The van der Waals surface area contributed by atoms with Crippen molar-refractivity contribution >= 4 is 5.91 Å². The van der Waals surface area contributed by atoms with E-state index < -0.39 is 0 Å². The van der Waals surface area contributed by atoms with Gasteiger partial charge < -0.3 is 10.1 Å². The van der Waals surface area contributed by atoms with Crippen LogP contribution in [0.4, 0.5) is 0 Å². The Morgan fingerprint density at radius 1 is 1.20 bits per heavy atom. The topological polar surface area (TPSA) is 51.2 Å². The molecule has 0 saturated heterocycles. The fourth-order valence-corrected chi connectivity index (χ4v) is 1.95. The number of aromatic nitrogens is 1. The van der Waals surface area contributed by atoms with Gasteiger partial charge in [0.05, 0.1) is 19.6 Å². The molecule has 1 aromatic heterocycles. The summed E-state index contributed by atoms with van der Waals surface area (Å²) in [5.74, 6) is 0.809. The molecule has 0 aliphatic carbocycles. The molecule has 1 N–H and O–H groups in total. The van der Waals surface area contributed by atoms with Gasteiger partial charge in [0.1, 0.15) is 5.75 Å². The predicted octanol–water partition coefficient (Wildman–Crippen LogP) is 2.51. The van der Waals surface area contributed by atoms with E-state index >= 15 is 0 Å². The van der Waals surface area contributed by atoms with Crippen molar-refractivity contribution in [1.29, 1.82) is 0 Å². The highest BCUT2D eigenvalue weighted by Crippen LogP contribution is 2.17. The molecule has 20 heavy (non-hydrogen) atoms. The Bertz CT molecular complexity index is 552. The number of carbonyl (C=O) groups is 1. The molecule has 1 amide bonds. The van der Waals surface area contributed by atoms with E-state index in [9.17, 15) is 4.79 Å². The van der Waals surface area contributed by atoms with Crippen LogP contribution in [0.1, 0.15) is 24.1 Å². The molecule has 0 radical (unpaired) electrons. The number of nitrogens with one attached hydrogen (secondary N) is 1. The van der Waals surface area contributed by atoms with Gasteiger partial charge in [0.15, 0.2) is 0 Å². The molecule has 0 bridgehead atoms. The van der Waals surface area contributed by atoms with Crippen LogP contribution in [0.15, 0.2) is 48.8 Å². The highest BCUT2D eigenvalue weighted by molar-refractivity contribution is 5.78. The maximum absolute atomic E-state index is 12.0. The average molecular weight is 270 g/mol. The minimum atomic E-state index is -0.0322. The van der Waals surface area contributed by atoms with Gasteiger partial charge in [-0.3, -0.25) is 9.78 Å². The molecule has 4 nitrogen and oxygen atoms in total. The van der Waals surface area contributed by atoms with Crippen molar-refractivity contribution in [2.45, 2.75) is 19.4 Å². The van der Waals surface area contributed by atoms with Gasteiger partial charge in [-0.15, -0.1) is 0 Å². The Hall–Kier alpha value is -2.36. The van der Waals surface area contributed by atoms with Gasteiger partial charge in [-0.2, -0.15) is 0 Å². The Morgan fingerprint density at radius 2 is 1.85 bits per heavy atom. The van der Waals surface area contributed by atoms with Gasteiger partial charge in [-0.1, -0.05) is 12.1 Å². The summed E-state index contributed by atoms with van der Waals surface area (Å²) < 4.78 is 5.12. The van der Waals surface area contributed by atoms with E-state index in [1.165, 1.54) is 0 Å². The molecule has 1 atom stereocenters. The van der Waals surface area contributed by atoms with Gasteiger partial charge >= 0.3 is 0 Å². The van der Waals surface area contributed by atoms with Crippen molar-refractivity contribution in [3.05, 3.63) is 59.9 Å².